The highest BCUT2D eigenvalue weighted by molar-refractivity contribution is 6.18. The number of nitrogens with zero attached hydrogens (tertiary/aromatic N) is 1. The van der Waals surface area contributed by atoms with E-state index >= 15 is 0 Å². The fourth-order valence-corrected chi connectivity index (χ4v) is 7.79. The summed E-state index contributed by atoms with van der Waals surface area (Å²) in [5.74, 6) is 1.89. The van der Waals surface area contributed by atoms with Crippen molar-refractivity contribution in [2.24, 2.45) is 11.8 Å². The average molecular weight is 717 g/mol. The van der Waals surface area contributed by atoms with Gasteiger partial charge in [0.2, 0.25) is 0 Å². The van der Waals surface area contributed by atoms with Gasteiger partial charge in [0, 0.05) is 36.8 Å². The van der Waals surface area contributed by atoms with Gasteiger partial charge < -0.3 is 5.11 Å². The van der Waals surface area contributed by atoms with Crippen LogP contribution in [0, 0.1) is 11.8 Å². The molecule has 4 atom stereocenters. The van der Waals surface area contributed by atoms with E-state index in [-0.39, 0.29) is 6.42 Å². The maximum absolute atomic E-state index is 11.7. The van der Waals surface area contributed by atoms with Crippen LogP contribution in [0.15, 0.2) is 12.2 Å². The summed E-state index contributed by atoms with van der Waals surface area (Å²) in [6.07, 6.45) is 40.7. The molecular formula is C43H83Cl2NO2. The first kappa shape index (κ1) is 47.8. The first-order valence-corrected chi connectivity index (χ1v) is 22.3. The fourth-order valence-electron chi connectivity index (χ4n) is 7.41. The van der Waals surface area contributed by atoms with Gasteiger partial charge in [0.25, 0.3) is 0 Å². The lowest BCUT2D eigenvalue weighted by Gasteiger charge is -2.43. The number of hydrogen-bond acceptors (Lipinski definition) is 2. The molecule has 4 unspecified atom stereocenters. The topological polar surface area (TPSA) is 40.5 Å². The van der Waals surface area contributed by atoms with Gasteiger partial charge in [-0.2, -0.15) is 0 Å². The molecule has 0 spiro atoms. The van der Waals surface area contributed by atoms with E-state index in [1.807, 2.05) is 0 Å². The van der Waals surface area contributed by atoms with Crippen LogP contribution < -0.4 is 0 Å². The second-order valence-corrected chi connectivity index (χ2v) is 15.8. The van der Waals surface area contributed by atoms with Gasteiger partial charge in [-0.1, -0.05) is 168 Å². The number of carboxylic acids is 1. The minimum Gasteiger partial charge on any atom is -0.481 e. The predicted molar refractivity (Wildman–Crippen MR) is 216 cm³/mol. The van der Waals surface area contributed by atoms with Crippen molar-refractivity contribution in [2.75, 3.05) is 18.3 Å². The molecule has 0 radical (unpaired) electrons. The highest BCUT2D eigenvalue weighted by Crippen LogP contribution is 2.29. The molecule has 48 heavy (non-hydrogen) atoms. The van der Waals surface area contributed by atoms with Crippen LogP contribution in [0.3, 0.4) is 0 Å². The van der Waals surface area contributed by atoms with E-state index in [0.29, 0.717) is 23.9 Å². The van der Waals surface area contributed by atoms with Crippen LogP contribution in [0.2, 0.25) is 0 Å². The zero-order chi connectivity index (χ0) is 35.5. The Morgan fingerprint density at radius 3 is 1.58 bits per heavy atom. The Labute approximate surface area is 311 Å². The van der Waals surface area contributed by atoms with Crippen LogP contribution in [-0.4, -0.2) is 46.4 Å². The lowest BCUT2D eigenvalue weighted by molar-refractivity contribution is -0.137. The molecule has 0 aromatic carbocycles. The summed E-state index contributed by atoms with van der Waals surface area (Å²) in [5.41, 5.74) is 0. The molecule has 0 saturated carbocycles. The third kappa shape index (κ3) is 28.4. The number of carbonyl (C=O) groups is 1. The molecule has 286 valence electrons. The van der Waals surface area contributed by atoms with Crippen molar-refractivity contribution in [3.05, 3.63) is 12.2 Å². The molecule has 0 aromatic heterocycles. The molecule has 1 N–H and O–H groups in total. The van der Waals surface area contributed by atoms with E-state index in [9.17, 15) is 9.90 Å². The molecule has 5 heteroatoms. The van der Waals surface area contributed by atoms with Crippen molar-refractivity contribution in [3.63, 3.8) is 0 Å². The van der Waals surface area contributed by atoms with Gasteiger partial charge in [0.15, 0.2) is 0 Å². The molecule has 3 nitrogen and oxygen atoms in total. The van der Waals surface area contributed by atoms with Crippen LogP contribution in [0.1, 0.15) is 214 Å². The Kier molecular flexibility index (Phi) is 36.3. The molecule has 0 aliphatic carbocycles. The lowest BCUT2D eigenvalue weighted by Crippen LogP contribution is -2.48. The van der Waals surface area contributed by atoms with Gasteiger partial charge in [-0.05, 0) is 63.2 Å². The highest BCUT2D eigenvalue weighted by atomic mass is 35.5. The second-order valence-electron chi connectivity index (χ2n) is 15.0. The quantitative estimate of drug-likeness (QED) is 0.0393. The van der Waals surface area contributed by atoms with Gasteiger partial charge in [0.1, 0.15) is 0 Å². The minimum absolute atomic E-state index is 0.264. The molecule has 0 aliphatic rings. The van der Waals surface area contributed by atoms with E-state index in [1.165, 1.54) is 154 Å². The van der Waals surface area contributed by atoms with Crippen LogP contribution in [0.5, 0.6) is 0 Å². The molecule has 0 saturated heterocycles. The van der Waals surface area contributed by atoms with Crippen molar-refractivity contribution in [1.82, 2.24) is 4.90 Å². The van der Waals surface area contributed by atoms with Gasteiger partial charge >= 0.3 is 5.97 Å². The normalized spacial score (nSPS) is 14.6. The largest absolute Gasteiger partial charge is 0.481 e. The second kappa shape index (κ2) is 36.5. The summed E-state index contributed by atoms with van der Waals surface area (Å²) in [7, 11) is 0. The molecular weight excluding hydrogens is 633 g/mol. The van der Waals surface area contributed by atoms with Gasteiger partial charge in [-0.3, -0.25) is 9.69 Å². The highest BCUT2D eigenvalue weighted by Gasteiger charge is 2.30. The van der Waals surface area contributed by atoms with Crippen LogP contribution in [0.4, 0.5) is 0 Å². The Balaban J connectivity index is 5.55. The van der Waals surface area contributed by atoms with Crippen molar-refractivity contribution in [3.8, 4) is 0 Å². The Morgan fingerprint density at radius 2 is 1.10 bits per heavy atom. The standard InChI is InChI=1S/C43H83Cl2NO2/c1-5-8-9-10-11-16-21-26-31-40(34-35-43(47)48)38-46(41(7-3)32-27-22-17-15-20-25-30-37-45)42(39(4)6-2)33-28-23-18-13-12-14-19-24-29-36-44/h26,31,39-42H,5-25,27-30,32-38H2,1-4H3,(H,47,48)/b31-26+. The number of halogens is 2. The maximum Gasteiger partial charge on any atom is 0.303 e. The van der Waals surface area contributed by atoms with Gasteiger partial charge in [0.05, 0.1) is 0 Å². The number of carboxylic acid groups (broad SMARTS) is 1. The number of rotatable bonds is 38. The van der Waals surface area contributed by atoms with Crippen LogP contribution in [-0.2, 0) is 4.79 Å². The average Bonchev–Trinajstić information content (AvgIpc) is 3.08. The number of hydrogen-bond donors (Lipinski definition) is 1. The van der Waals surface area contributed by atoms with Crippen LogP contribution >= 0.6 is 23.2 Å². The number of allylic oxidation sites excluding steroid dienone is 1. The summed E-state index contributed by atoms with van der Waals surface area (Å²) in [4.78, 5) is 14.6. The smallest absolute Gasteiger partial charge is 0.303 e. The summed E-state index contributed by atoms with van der Waals surface area (Å²) in [6, 6.07) is 1.15. The molecule has 0 rings (SSSR count). The molecule has 0 heterocycles. The Hall–Kier alpha value is -0.250. The lowest BCUT2D eigenvalue weighted by atomic mass is 9.88. The predicted octanol–water partition coefficient (Wildman–Crippen LogP) is 14.8. The molecule has 0 bridgehead atoms. The van der Waals surface area contributed by atoms with Gasteiger partial charge in [-0.25, -0.2) is 0 Å². The third-order valence-corrected chi connectivity index (χ3v) is 11.3. The molecule has 0 aromatic rings. The van der Waals surface area contributed by atoms with Crippen molar-refractivity contribution in [1.29, 1.82) is 0 Å². The zero-order valence-electron chi connectivity index (χ0n) is 32.7. The Bertz CT molecular complexity index is 702. The number of alkyl halides is 2. The van der Waals surface area contributed by atoms with Crippen molar-refractivity contribution in [2.45, 2.75) is 226 Å². The SMILES string of the molecule is CCCCCCCC/C=C/C(CCC(=O)O)CN(C(CC)CCCCCCCCCCl)C(CCCCCCCCCCCCl)C(C)CC. The Morgan fingerprint density at radius 1 is 0.625 bits per heavy atom. The van der Waals surface area contributed by atoms with E-state index in [1.54, 1.807) is 0 Å². The molecule has 0 fully saturated rings. The fraction of sp³-hybridized carbons (Fsp3) is 0.930. The van der Waals surface area contributed by atoms with Crippen molar-refractivity contribution < 1.29 is 9.90 Å². The monoisotopic (exact) mass is 716 g/mol. The van der Waals surface area contributed by atoms with E-state index < -0.39 is 5.97 Å². The van der Waals surface area contributed by atoms with Crippen molar-refractivity contribution >= 4 is 29.2 Å². The first-order valence-electron chi connectivity index (χ1n) is 21.2. The van der Waals surface area contributed by atoms with E-state index in [2.05, 4.69) is 44.7 Å². The van der Waals surface area contributed by atoms with Gasteiger partial charge in [-0.15, -0.1) is 23.2 Å². The zero-order valence-corrected chi connectivity index (χ0v) is 34.2. The van der Waals surface area contributed by atoms with E-state index in [4.69, 9.17) is 23.2 Å². The third-order valence-electron chi connectivity index (χ3n) is 10.8. The van der Waals surface area contributed by atoms with E-state index in [0.717, 1.165) is 44.0 Å². The summed E-state index contributed by atoms with van der Waals surface area (Å²) in [5, 5.41) is 9.64. The maximum atomic E-state index is 11.7. The first-order chi connectivity index (χ1) is 23.4. The minimum atomic E-state index is -0.661. The molecule has 0 amide bonds. The summed E-state index contributed by atoms with van der Waals surface area (Å²) in [6.45, 7) is 10.5. The number of unbranched alkanes of at least 4 members (excludes halogenated alkanes) is 20. The molecule has 0 aliphatic heterocycles. The summed E-state index contributed by atoms with van der Waals surface area (Å²) < 4.78 is 0. The number of aliphatic carboxylic acids is 1. The summed E-state index contributed by atoms with van der Waals surface area (Å²) >= 11 is 11.7. The van der Waals surface area contributed by atoms with Crippen LogP contribution in [0.25, 0.3) is 0 Å².